The zero-order chi connectivity index (χ0) is 45.9. The van der Waals surface area contributed by atoms with E-state index in [1.165, 1.54) is 55.3 Å². The van der Waals surface area contributed by atoms with Crippen LogP contribution in [0.5, 0.6) is 11.5 Å². The highest BCUT2D eigenvalue weighted by atomic mass is 16.5. The molecule has 0 radical (unpaired) electrons. The molecular formula is C62H54N4O. The molecule has 0 unspecified atom stereocenters. The summed E-state index contributed by atoms with van der Waals surface area (Å²) in [6, 6.07) is 72.0. The van der Waals surface area contributed by atoms with Gasteiger partial charge in [-0.2, -0.15) is 0 Å². The lowest BCUT2D eigenvalue weighted by molar-refractivity contribution is 0.483. The maximum absolute atomic E-state index is 6.88. The van der Waals surface area contributed by atoms with Gasteiger partial charge in [0.25, 0.3) is 0 Å². The van der Waals surface area contributed by atoms with Gasteiger partial charge >= 0.3 is 0 Å². The average molecular weight is 871 g/mol. The first-order valence-electron chi connectivity index (χ1n) is 23.3. The second kappa shape index (κ2) is 16.5. The van der Waals surface area contributed by atoms with Crippen LogP contribution in [-0.2, 0) is 10.8 Å². The number of aromatic nitrogens is 2. The molecule has 1 aliphatic rings. The Balaban J connectivity index is 1.03. The van der Waals surface area contributed by atoms with Crippen molar-refractivity contribution in [1.82, 2.24) is 9.55 Å². The summed E-state index contributed by atoms with van der Waals surface area (Å²) in [4.78, 5) is 9.83. The van der Waals surface area contributed by atoms with E-state index < -0.39 is 0 Å². The van der Waals surface area contributed by atoms with E-state index in [9.17, 15) is 0 Å². The summed E-state index contributed by atoms with van der Waals surface area (Å²) in [5, 5.41) is 2.37. The fraction of sp³-hybridized carbons (Fsp3) is 0.145. The number of ether oxygens (including phenoxy) is 1. The Labute approximate surface area is 394 Å². The predicted molar refractivity (Wildman–Crippen MR) is 281 cm³/mol. The third-order valence-electron chi connectivity index (χ3n) is 13.2. The van der Waals surface area contributed by atoms with Crippen LogP contribution in [0.1, 0.15) is 52.7 Å². The zero-order valence-corrected chi connectivity index (χ0v) is 39.0. The first kappa shape index (κ1) is 41.8. The van der Waals surface area contributed by atoms with E-state index in [0.717, 1.165) is 51.1 Å². The zero-order valence-electron chi connectivity index (χ0n) is 39.0. The van der Waals surface area contributed by atoms with Gasteiger partial charge in [0.2, 0.25) is 0 Å². The lowest BCUT2D eigenvalue weighted by Gasteiger charge is -2.24. The molecular weight excluding hydrogens is 817 g/mol. The Morgan fingerprint density at radius 3 is 1.73 bits per heavy atom. The minimum absolute atomic E-state index is 0.00832. The van der Waals surface area contributed by atoms with Gasteiger partial charge in [0.05, 0.1) is 22.4 Å². The molecule has 2 aromatic heterocycles. The summed E-state index contributed by atoms with van der Waals surface area (Å²) >= 11 is 0. The van der Waals surface area contributed by atoms with Gasteiger partial charge in [0, 0.05) is 46.0 Å². The number of para-hydroxylation sites is 2. The summed E-state index contributed by atoms with van der Waals surface area (Å²) < 4.78 is 9.17. The molecule has 0 spiro atoms. The molecule has 1 aliphatic heterocycles. The van der Waals surface area contributed by atoms with Crippen molar-refractivity contribution in [1.29, 1.82) is 0 Å². The van der Waals surface area contributed by atoms with Gasteiger partial charge in [-0.25, -0.2) is 4.98 Å². The standard InChI is InChI=1S/C62H54N4O/c1-61(2,3)44-31-34-55-54(37-44)52-33-32-49(40-57(52)66(55)58-38-45(35-36-63-58)62(4,5)6)67-48-26-16-25-47(39-48)64-41-65(46-23-14-9-15-24-46)60-53(29-18-30-56(60)64)59-50(42-19-10-7-11-20-42)27-17-28-51(59)43-21-12-8-13-22-43/h7-40H,41H2,1-6H3. The van der Waals surface area contributed by atoms with Crippen molar-refractivity contribution in [2.75, 3.05) is 16.5 Å². The maximum Gasteiger partial charge on any atom is 0.137 e. The number of anilines is 4. The molecule has 8 aromatic carbocycles. The molecule has 0 saturated carbocycles. The van der Waals surface area contributed by atoms with Crippen LogP contribution in [0, 0.1) is 0 Å². The molecule has 10 aromatic rings. The van der Waals surface area contributed by atoms with Crippen molar-refractivity contribution in [2.24, 2.45) is 0 Å². The number of hydrogen-bond donors (Lipinski definition) is 0. The predicted octanol–water partition coefficient (Wildman–Crippen LogP) is 16.8. The highest BCUT2D eigenvalue weighted by molar-refractivity contribution is 6.10. The first-order chi connectivity index (χ1) is 32.5. The number of rotatable bonds is 8. The Morgan fingerprint density at radius 1 is 0.448 bits per heavy atom. The van der Waals surface area contributed by atoms with E-state index in [1.807, 2.05) is 6.20 Å². The van der Waals surface area contributed by atoms with Crippen LogP contribution in [0.25, 0.3) is 61.0 Å². The minimum Gasteiger partial charge on any atom is -0.457 e. The smallest absolute Gasteiger partial charge is 0.137 e. The Kier molecular flexibility index (Phi) is 10.3. The fourth-order valence-corrected chi connectivity index (χ4v) is 9.76. The van der Waals surface area contributed by atoms with Crippen LogP contribution in [0.15, 0.2) is 206 Å². The molecule has 0 saturated heterocycles. The number of hydrogen-bond acceptors (Lipinski definition) is 4. The monoisotopic (exact) mass is 870 g/mol. The van der Waals surface area contributed by atoms with Gasteiger partial charge in [-0.15, -0.1) is 0 Å². The topological polar surface area (TPSA) is 33.5 Å². The Hall–Kier alpha value is -7.89. The van der Waals surface area contributed by atoms with Crippen molar-refractivity contribution in [3.63, 3.8) is 0 Å². The van der Waals surface area contributed by atoms with E-state index in [2.05, 4.69) is 256 Å². The number of nitrogens with zero attached hydrogens (tertiary/aromatic N) is 4. The van der Waals surface area contributed by atoms with Crippen LogP contribution < -0.4 is 14.5 Å². The molecule has 11 rings (SSSR count). The van der Waals surface area contributed by atoms with Crippen molar-refractivity contribution < 1.29 is 4.74 Å². The maximum atomic E-state index is 6.88. The second-order valence-corrected chi connectivity index (χ2v) is 19.7. The van der Waals surface area contributed by atoms with Crippen LogP contribution in [0.3, 0.4) is 0 Å². The van der Waals surface area contributed by atoms with Crippen LogP contribution >= 0.6 is 0 Å². The highest BCUT2D eigenvalue weighted by Gasteiger charge is 2.33. The van der Waals surface area contributed by atoms with E-state index in [1.54, 1.807) is 0 Å². The second-order valence-electron chi connectivity index (χ2n) is 19.7. The van der Waals surface area contributed by atoms with E-state index in [-0.39, 0.29) is 10.8 Å². The van der Waals surface area contributed by atoms with Crippen LogP contribution in [-0.4, -0.2) is 16.2 Å². The molecule has 0 amide bonds. The van der Waals surface area contributed by atoms with Crippen molar-refractivity contribution in [3.8, 4) is 50.7 Å². The highest BCUT2D eigenvalue weighted by Crippen LogP contribution is 2.53. The summed E-state index contributed by atoms with van der Waals surface area (Å²) in [5.74, 6) is 2.42. The third kappa shape index (κ3) is 7.70. The molecule has 0 aliphatic carbocycles. The van der Waals surface area contributed by atoms with Gasteiger partial charge in [0.1, 0.15) is 24.0 Å². The molecule has 328 valence electrons. The van der Waals surface area contributed by atoms with E-state index in [4.69, 9.17) is 9.72 Å². The van der Waals surface area contributed by atoms with E-state index in [0.29, 0.717) is 6.67 Å². The van der Waals surface area contributed by atoms with Gasteiger partial charge in [0.15, 0.2) is 0 Å². The molecule has 0 atom stereocenters. The van der Waals surface area contributed by atoms with Crippen molar-refractivity contribution in [2.45, 2.75) is 52.4 Å². The number of pyridine rings is 1. The van der Waals surface area contributed by atoms with Crippen molar-refractivity contribution in [3.05, 3.63) is 218 Å². The molecule has 5 heteroatoms. The summed E-state index contributed by atoms with van der Waals surface area (Å²) in [7, 11) is 0. The lowest BCUT2D eigenvalue weighted by Crippen LogP contribution is -2.24. The van der Waals surface area contributed by atoms with Gasteiger partial charge in [-0.05, 0) is 117 Å². The largest absolute Gasteiger partial charge is 0.457 e. The van der Waals surface area contributed by atoms with Gasteiger partial charge in [-0.1, -0.05) is 163 Å². The van der Waals surface area contributed by atoms with Crippen molar-refractivity contribution >= 4 is 44.6 Å². The molecule has 3 heterocycles. The Morgan fingerprint density at radius 2 is 1.04 bits per heavy atom. The SMILES string of the molecule is CC(C)(C)c1ccnc(-n2c3ccc(C(C)(C)C)cc3c3ccc(Oc4cccc(N5CN(c6ccccc6)c6c(-c7c(-c8ccccc8)cccc7-c7ccccc7)cccc65)c4)cc32)c1. The molecule has 0 fully saturated rings. The lowest BCUT2D eigenvalue weighted by atomic mass is 9.86. The normalized spacial score (nSPS) is 12.8. The van der Waals surface area contributed by atoms with Crippen LogP contribution in [0.2, 0.25) is 0 Å². The quantitative estimate of drug-likeness (QED) is 0.152. The molecule has 5 nitrogen and oxygen atoms in total. The number of benzene rings is 8. The molecule has 0 bridgehead atoms. The van der Waals surface area contributed by atoms with E-state index >= 15 is 0 Å². The Bertz CT molecular complexity index is 3380. The third-order valence-corrected chi connectivity index (χ3v) is 13.2. The summed E-state index contributed by atoms with van der Waals surface area (Å²) in [6.45, 7) is 14.2. The summed E-state index contributed by atoms with van der Waals surface area (Å²) in [6.07, 6.45) is 1.94. The molecule has 0 N–H and O–H groups in total. The average Bonchev–Trinajstić information content (AvgIpc) is 3.90. The first-order valence-corrected chi connectivity index (χ1v) is 23.3. The van der Waals surface area contributed by atoms with Gasteiger partial charge < -0.3 is 14.5 Å². The fourth-order valence-electron chi connectivity index (χ4n) is 9.76. The minimum atomic E-state index is -0.0254. The van der Waals surface area contributed by atoms with Gasteiger partial charge in [-0.3, -0.25) is 4.57 Å². The summed E-state index contributed by atoms with van der Waals surface area (Å²) in [5.41, 5.74) is 16.3. The number of fused-ring (bicyclic) bond motifs is 4. The van der Waals surface area contributed by atoms with Crippen LogP contribution in [0.4, 0.5) is 22.7 Å². The molecule has 67 heavy (non-hydrogen) atoms.